The molecule has 2 heterocycles. The van der Waals surface area contributed by atoms with Crippen molar-refractivity contribution in [2.24, 2.45) is 0 Å². The molecule has 1 N–H and O–H groups in total. The van der Waals surface area contributed by atoms with Gasteiger partial charge in [-0.2, -0.15) is 5.10 Å². The number of para-hydroxylation sites is 1. The van der Waals surface area contributed by atoms with Crippen LogP contribution in [0.25, 0.3) is 5.69 Å². The van der Waals surface area contributed by atoms with Crippen LogP contribution in [0, 0.1) is 5.82 Å². The molecule has 1 saturated heterocycles. The van der Waals surface area contributed by atoms with Gasteiger partial charge in [0.15, 0.2) is 11.4 Å². The first kappa shape index (κ1) is 14.6. The first-order valence-electron chi connectivity index (χ1n) is 7.49. The molecule has 1 amide bonds. The fourth-order valence-electron chi connectivity index (χ4n) is 2.70. The van der Waals surface area contributed by atoms with E-state index in [9.17, 15) is 14.3 Å². The first-order chi connectivity index (χ1) is 10.7. The molecule has 1 aromatic heterocycles. The van der Waals surface area contributed by atoms with Gasteiger partial charge in [0.25, 0.3) is 5.91 Å². The molecule has 22 heavy (non-hydrogen) atoms. The lowest BCUT2D eigenvalue weighted by Crippen LogP contribution is -2.32. The van der Waals surface area contributed by atoms with E-state index < -0.39 is 5.82 Å². The fraction of sp³-hybridized carbons (Fsp3) is 0.375. The number of halogens is 1. The number of aromatic hydroxyl groups is 1. The summed E-state index contributed by atoms with van der Waals surface area (Å²) >= 11 is 0. The van der Waals surface area contributed by atoms with Crippen LogP contribution in [-0.4, -0.2) is 38.8 Å². The van der Waals surface area contributed by atoms with Crippen LogP contribution in [0.1, 0.15) is 36.2 Å². The summed E-state index contributed by atoms with van der Waals surface area (Å²) in [5.41, 5.74) is 0.179. The third kappa shape index (κ3) is 2.81. The standard InChI is InChI=1S/C16H18FN3O2/c17-12-7-3-4-8-13(12)20-11-14(21)15(18-20)16(22)19-9-5-1-2-6-10-19/h3-4,7-8,11,21H,1-2,5-6,9-10H2. The summed E-state index contributed by atoms with van der Waals surface area (Å²) in [5.74, 6) is -0.981. The maximum Gasteiger partial charge on any atom is 0.278 e. The second-order valence-electron chi connectivity index (χ2n) is 5.47. The molecular formula is C16H18FN3O2. The number of likely N-dealkylation sites (tertiary alicyclic amines) is 1. The molecule has 0 saturated carbocycles. The molecular weight excluding hydrogens is 285 g/mol. The molecule has 1 fully saturated rings. The van der Waals surface area contributed by atoms with Crippen LogP contribution in [0.2, 0.25) is 0 Å². The Balaban J connectivity index is 1.89. The average Bonchev–Trinajstić information content (AvgIpc) is 2.74. The molecule has 0 atom stereocenters. The lowest BCUT2D eigenvalue weighted by Gasteiger charge is -2.18. The molecule has 0 radical (unpaired) electrons. The van der Waals surface area contributed by atoms with Crippen LogP contribution in [0.4, 0.5) is 4.39 Å². The minimum atomic E-state index is -0.459. The Morgan fingerprint density at radius 1 is 1.14 bits per heavy atom. The highest BCUT2D eigenvalue weighted by molar-refractivity contribution is 5.94. The SMILES string of the molecule is O=C(c1nn(-c2ccccc2F)cc1O)N1CCCCCC1. The Hall–Kier alpha value is -2.37. The van der Waals surface area contributed by atoms with E-state index in [2.05, 4.69) is 5.10 Å². The second-order valence-corrected chi connectivity index (χ2v) is 5.47. The van der Waals surface area contributed by atoms with Gasteiger partial charge in [-0.1, -0.05) is 25.0 Å². The second kappa shape index (κ2) is 6.17. The summed E-state index contributed by atoms with van der Waals surface area (Å²) < 4.78 is 15.0. The Bertz CT molecular complexity index is 676. The van der Waals surface area contributed by atoms with Gasteiger partial charge in [0, 0.05) is 13.1 Å². The van der Waals surface area contributed by atoms with E-state index in [4.69, 9.17) is 0 Å². The number of benzene rings is 1. The quantitative estimate of drug-likeness (QED) is 0.928. The fourth-order valence-corrected chi connectivity index (χ4v) is 2.70. The van der Waals surface area contributed by atoms with Crippen molar-refractivity contribution in [2.45, 2.75) is 25.7 Å². The number of aromatic nitrogens is 2. The predicted molar refractivity (Wildman–Crippen MR) is 79.6 cm³/mol. The molecule has 1 aliphatic heterocycles. The lowest BCUT2D eigenvalue weighted by molar-refractivity contribution is 0.0752. The van der Waals surface area contributed by atoms with Crippen molar-refractivity contribution >= 4 is 5.91 Å². The smallest absolute Gasteiger partial charge is 0.278 e. The molecule has 2 aromatic rings. The highest BCUT2D eigenvalue weighted by atomic mass is 19.1. The molecule has 0 spiro atoms. The van der Waals surface area contributed by atoms with Crippen LogP contribution in [-0.2, 0) is 0 Å². The van der Waals surface area contributed by atoms with Gasteiger partial charge in [-0.25, -0.2) is 9.07 Å². The molecule has 0 bridgehead atoms. The van der Waals surface area contributed by atoms with Crippen molar-refractivity contribution in [1.82, 2.24) is 14.7 Å². The summed E-state index contributed by atoms with van der Waals surface area (Å²) in [6.45, 7) is 1.34. The minimum absolute atomic E-state index is 0.0230. The van der Waals surface area contributed by atoms with Crippen molar-refractivity contribution in [2.75, 3.05) is 13.1 Å². The van der Waals surface area contributed by atoms with Gasteiger partial charge in [-0.05, 0) is 25.0 Å². The van der Waals surface area contributed by atoms with Crippen LogP contribution < -0.4 is 0 Å². The molecule has 116 valence electrons. The Labute approximate surface area is 128 Å². The van der Waals surface area contributed by atoms with E-state index in [0.29, 0.717) is 13.1 Å². The third-order valence-electron chi connectivity index (χ3n) is 3.89. The van der Waals surface area contributed by atoms with Crippen LogP contribution in [0.3, 0.4) is 0 Å². The number of carbonyl (C=O) groups excluding carboxylic acids is 1. The molecule has 3 rings (SSSR count). The minimum Gasteiger partial charge on any atom is -0.504 e. The van der Waals surface area contributed by atoms with Crippen molar-refractivity contribution in [3.05, 3.63) is 42.0 Å². The first-order valence-corrected chi connectivity index (χ1v) is 7.49. The van der Waals surface area contributed by atoms with Crippen molar-refractivity contribution in [3.8, 4) is 11.4 Å². The number of hydrogen-bond acceptors (Lipinski definition) is 3. The number of carbonyl (C=O) groups is 1. The number of nitrogens with zero attached hydrogens (tertiary/aromatic N) is 3. The Morgan fingerprint density at radius 3 is 2.50 bits per heavy atom. The van der Waals surface area contributed by atoms with E-state index in [-0.39, 0.29) is 23.0 Å². The van der Waals surface area contributed by atoms with E-state index in [0.717, 1.165) is 25.7 Å². The van der Waals surface area contributed by atoms with Crippen molar-refractivity contribution < 1.29 is 14.3 Å². The number of amides is 1. The van der Waals surface area contributed by atoms with Crippen molar-refractivity contribution in [3.63, 3.8) is 0 Å². The summed E-state index contributed by atoms with van der Waals surface area (Å²) in [6, 6.07) is 6.10. The van der Waals surface area contributed by atoms with Gasteiger partial charge in [0.05, 0.1) is 6.20 Å². The van der Waals surface area contributed by atoms with Gasteiger partial charge < -0.3 is 10.0 Å². The van der Waals surface area contributed by atoms with Gasteiger partial charge >= 0.3 is 0 Å². The maximum absolute atomic E-state index is 13.8. The van der Waals surface area contributed by atoms with Crippen molar-refractivity contribution in [1.29, 1.82) is 0 Å². The van der Waals surface area contributed by atoms with E-state index in [1.54, 1.807) is 23.1 Å². The van der Waals surface area contributed by atoms with E-state index in [1.165, 1.54) is 16.9 Å². The van der Waals surface area contributed by atoms with Gasteiger partial charge in [0.1, 0.15) is 11.5 Å². The molecule has 1 aliphatic rings. The van der Waals surface area contributed by atoms with Gasteiger partial charge in [-0.15, -0.1) is 0 Å². The summed E-state index contributed by atoms with van der Waals surface area (Å²) in [7, 11) is 0. The number of rotatable bonds is 2. The third-order valence-corrected chi connectivity index (χ3v) is 3.89. The highest BCUT2D eigenvalue weighted by Gasteiger charge is 2.24. The predicted octanol–water partition coefficient (Wildman–Crippen LogP) is 2.73. The van der Waals surface area contributed by atoms with E-state index >= 15 is 0 Å². The summed E-state index contributed by atoms with van der Waals surface area (Å²) in [5, 5.41) is 14.1. The largest absolute Gasteiger partial charge is 0.504 e. The highest BCUT2D eigenvalue weighted by Crippen LogP contribution is 2.22. The van der Waals surface area contributed by atoms with Gasteiger partial charge in [-0.3, -0.25) is 4.79 Å². The molecule has 0 unspecified atom stereocenters. The zero-order chi connectivity index (χ0) is 15.5. The topological polar surface area (TPSA) is 58.4 Å². The zero-order valence-corrected chi connectivity index (χ0v) is 12.2. The van der Waals surface area contributed by atoms with E-state index in [1.807, 2.05) is 0 Å². The monoisotopic (exact) mass is 303 g/mol. The lowest BCUT2D eigenvalue weighted by atomic mass is 10.2. The van der Waals surface area contributed by atoms with Crippen LogP contribution in [0.15, 0.2) is 30.5 Å². The molecule has 0 aliphatic carbocycles. The Morgan fingerprint density at radius 2 is 1.82 bits per heavy atom. The summed E-state index contributed by atoms with van der Waals surface area (Å²) in [6.07, 6.45) is 5.41. The summed E-state index contributed by atoms with van der Waals surface area (Å²) in [4.78, 5) is 14.2. The zero-order valence-electron chi connectivity index (χ0n) is 12.2. The van der Waals surface area contributed by atoms with Gasteiger partial charge in [0.2, 0.25) is 0 Å². The van der Waals surface area contributed by atoms with Crippen LogP contribution >= 0.6 is 0 Å². The number of hydrogen-bond donors (Lipinski definition) is 1. The maximum atomic E-state index is 13.8. The Kier molecular flexibility index (Phi) is 4.09. The molecule has 6 heteroatoms. The van der Waals surface area contributed by atoms with Crippen LogP contribution in [0.5, 0.6) is 5.75 Å². The normalized spacial score (nSPS) is 15.6. The molecule has 1 aromatic carbocycles. The molecule has 5 nitrogen and oxygen atoms in total. The average molecular weight is 303 g/mol.